The number of halogens is 1. The number of nitrogens with zero attached hydrogens (tertiary/aromatic N) is 3. The van der Waals surface area contributed by atoms with E-state index in [1.165, 1.54) is 10.7 Å². The summed E-state index contributed by atoms with van der Waals surface area (Å²) in [7, 11) is 1.72. The van der Waals surface area contributed by atoms with Gasteiger partial charge in [-0.25, -0.2) is 9.48 Å². The zero-order valence-electron chi connectivity index (χ0n) is 7.23. The maximum atomic E-state index is 10.9. The minimum atomic E-state index is -1.00. The number of carboxylic acids is 1. The second kappa shape index (κ2) is 3.06. The predicted octanol–water partition coefficient (Wildman–Crippen LogP) is 1.43. The highest BCUT2D eigenvalue weighted by Crippen LogP contribution is 2.21. The highest BCUT2D eigenvalue weighted by atomic mass is 79.9. The van der Waals surface area contributed by atoms with Gasteiger partial charge in [-0.15, -0.1) is 5.10 Å². The molecule has 0 amide bonds. The highest BCUT2D eigenvalue weighted by molar-refractivity contribution is 9.10. The van der Waals surface area contributed by atoms with Crippen LogP contribution in [0.25, 0.3) is 11.0 Å². The molecule has 0 saturated carbocycles. The molecule has 1 aromatic carbocycles. The van der Waals surface area contributed by atoms with Crippen molar-refractivity contribution >= 4 is 32.9 Å². The summed E-state index contributed by atoms with van der Waals surface area (Å²) in [4.78, 5) is 10.9. The van der Waals surface area contributed by atoms with Gasteiger partial charge in [-0.1, -0.05) is 21.1 Å². The van der Waals surface area contributed by atoms with Crippen LogP contribution in [0.4, 0.5) is 0 Å². The van der Waals surface area contributed by atoms with Gasteiger partial charge in [-0.2, -0.15) is 0 Å². The fourth-order valence-electron chi connectivity index (χ4n) is 1.26. The van der Waals surface area contributed by atoms with Gasteiger partial charge in [-0.05, 0) is 12.1 Å². The first-order chi connectivity index (χ1) is 6.59. The zero-order chi connectivity index (χ0) is 10.3. The number of fused-ring (bicyclic) bond motifs is 1. The van der Waals surface area contributed by atoms with Gasteiger partial charge in [-0.3, -0.25) is 0 Å². The quantitative estimate of drug-likeness (QED) is 0.837. The summed E-state index contributed by atoms with van der Waals surface area (Å²) in [6.07, 6.45) is 0. The van der Waals surface area contributed by atoms with E-state index in [-0.39, 0.29) is 5.56 Å². The molecule has 0 saturated heterocycles. The summed E-state index contributed by atoms with van der Waals surface area (Å²) >= 11 is 3.24. The minimum absolute atomic E-state index is 0.155. The van der Waals surface area contributed by atoms with Crippen LogP contribution in [0.3, 0.4) is 0 Å². The Bertz CT molecular complexity index is 521. The van der Waals surface area contributed by atoms with Crippen molar-refractivity contribution in [3.05, 3.63) is 22.2 Å². The summed E-state index contributed by atoms with van der Waals surface area (Å²) < 4.78 is 2.24. The first kappa shape index (κ1) is 9.14. The Labute approximate surface area is 87.5 Å². The van der Waals surface area contributed by atoms with Crippen molar-refractivity contribution < 1.29 is 9.90 Å². The summed E-state index contributed by atoms with van der Waals surface area (Å²) in [6, 6.07) is 3.29. The van der Waals surface area contributed by atoms with Crippen LogP contribution in [-0.4, -0.2) is 26.1 Å². The Hall–Kier alpha value is -1.43. The Morgan fingerprint density at radius 3 is 2.93 bits per heavy atom. The van der Waals surface area contributed by atoms with E-state index >= 15 is 0 Å². The average Bonchev–Trinajstić information content (AvgIpc) is 2.47. The lowest BCUT2D eigenvalue weighted by atomic mass is 10.2. The van der Waals surface area contributed by atoms with Gasteiger partial charge in [0.1, 0.15) is 5.52 Å². The van der Waals surface area contributed by atoms with E-state index in [4.69, 9.17) is 5.11 Å². The molecule has 0 atom stereocenters. The number of aryl methyl sites for hydroxylation is 1. The number of carbonyl (C=O) groups is 1. The lowest BCUT2D eigenvalue weighted by molar-refractivity contribution is 0.0698. The number of hydrogen-bond acceptors (Lipinski definition) is 3. The van der Waals surface area contributed by atoms with Gasteiger partial charge in [0.25, 0.3) is 0 Å². The molecule has 0 radical (unpaired) electrons. The van der Waals surface area contributed by atoms with Crippen molar-refractivity contribution in [2.24, 2.45) is 7.05 Å². The van der Waals surface area contributed by atoms with E-state index in [0.717, 1.165) is 0 Å². The number of aromatic carboxylic acids is 1. The molecule has 0 bridgehead atoms. The van der Waals surface area contributed by atoms with Crippen LogP contribution in [0.15, 0.2) is 16.6 Å². The normalized spacial score (nSPS) is 10.7. The molecule has 0 spiro atoms. The van der Waals surface area contributed by atoms with Crippen LogP contribution in [0.5, 0.6) is 0 Å². The molecule has 0 aliphatic heterocycles. The van der Waals surface area contributed by atoms with Crippen LogP contribution in [-0.2, 0) is 7.05 Å². The molecular formula is C8H6BrN3O2. The van der Waals surface area contributed by atoms with Crippen LogP contribution in [0.2, 0.25) is 0 Å². The molecule has 1 N–H and O–H groups in total. The van der Waals surface area contributed by atoms with Crippen molar-refractivity contribution in [1.29, 1.82) is 0 Å². The Morgan fingerprint density at radius 2 is 2.29 bits per heavy atom. The smallest absolute Gasteiger partial charge is 0.338 e. The second-order valence-electron chi connectivity index (χ2n) is 2.84. The molecule has 0 fully saturated rings. The fourth-order valence-corrected chi connectivity index (χ4v) is 1.71. The largest absolute Gasteiger partial charge is 0.478 e. The molecule has 5 nitrogen and oxygen atoms in total. The molecule has 2 aromatic rings. The van der Waals surface area contributed by atoms with Gasteiger partial charge in [0.2, 0.25) is 0 Å². The van der Waals surface area contributed by atoms with Crippen LogP contribution >= 0.6 is 15.9 Å². The number of aromatic nitrogens is 3. The molecule has 14 heavy (non-hydrogen) atoms. The van der Waals surface area contributed by atoms with Gasteiger partial charge in [0, 0.05) is 11.5 Å². The van der Waals surface area contributed by atoms with Crippen LogP contribution < -0.4 is 0 Å². The maximum Gasteiger partial charge on any atom is 0.338 e. The SMILES string of the molecule is Cn1nnc2c(C(=O)O)cc(Br)cc21. The Kier molecular flexibility index (Phi) is 1.99. The third kappa shape index (κ3) is 1.27. The molecule has 6 heteroatoms. The summed E-state index contributed by atoms with van der Waals surface area (Å²) in [5.74, 6) is -1.00. The van der Waals surface area contributed by atoms with E-state index in [2.05, 4.69) is 26.2 Å². The zero-order valence-corrected chi connectivity index (χ0v) is 8.82. The number of hydrogen-bond donors (Lipinski definition) is 1. The van der Waals surface area contributed by atoms with Crippen molar-refractivity contribution in [2.75, 3.05) is 0 Å². The first-order valence-corrected chi connectivity index (χ1v) is 4.61. The second-order valence-corrected chi connectivity index (χ2v) is 3.75. The van der Waals surface area contributed by atoms with Crippen molar-refractivity contribution in [2.45, 2.75) is 0 Å². The molecule has 2 rings (SSSR count). The van der Waals surface area contributed by atoms with Gasteiger partial charge >= 0.3 is 5.97 Å². The summed E-state index contributed by atoms with van der Waals surface area (Å²) in [5, 5.41) is 16.5. The minimum Gasteiger partial charge on any atom is -0.478 e. The van der Waals surface area contributed by atoms with Crippen molar-refractivity contribution in [3.8, 4) is 0 Å². The van der Waals surface area contributed by atoms with Crippen molar-refractivity contribution in [1.82, 2.24) is 15.0 Å². The van der Waals surface area contributed by atoms with E-state index < -0.39 is 5.97 Å². The molecule has 0 aliphatic carbocycles. The van der Waals surface area contributed by atoms with E-state index in [1.54, 1.807) is 13.1 Å². The number of rotatable bonds is 1. The molecule has 1 heterocycles. The lowest BCUT2D eigenvalue weighted by Gasteiger charge is -1.97. The molecule has 72 valence electrons. The Balaban J connectivity index is 2.88. The van der Waals surface area contributed by atoms with E-state index in [0.29, 0.717) is 15.5 Å². The standard InChI is InChI=1S/C8H6BrN3O2/c1-12-6-3-4(9)2-5(8(13)14)7(6)10-11-12/h2-3H,1H3,(H,13,14). The summed E-state index contributed by atoms with van der Waals surface area (Å²) in [6.45, 7) is 0. The van der Waals surface area contributed by atoms with E-state index in [9.17, 15) is 4.79 Å². The topological polar surface area (TPSA) is 68.0 Å². The van der Waals surface area contributed by atoms with Gasteiger partial charge < -0.3 is 5.11 Å². The van der Waals surface area contributed by atoms with Crippen LogP contribution in [0, 0.1) is 0 Å². The first-order valence-electron chi connectivity index (χ1n) is 3.82. The van der Waals surface area contributed by atoms with Crippen LogP contribution in [0.1, 0.15) is 10.4 Å². The molecule has 0 aliphatic rings. The van der Waals surface area contributed by atoms with Gasteiger partial charge in [0.15, 0.2) is 0 Å². The highest BCUT2D eigenvalue weighted by Gasteiger charge is 2.13. The van der Waals surface area contributed by atoms with E-state index in [1.807, 2.05) is 0 Å². The molecule has 0 unspecified atom stereocenters. The van der Waals surface area contributed by atoms with Crippen molar-refractivity contribution in [3.63, 3.8) is 0 Å². The number of benzene rings is 1. The Morgan fingerprint density at radius 1 is 1.57 bits per heavy atom. The monoisotopic (exact) mass is 255 g/mol. The molecule has 1 aromatic heterocycles. The maximum absolute atomic E-state index is 10.9. The lowest BCUT2D eigenvalue weighted by Crippen LogP contribution is -1.98. The average molecular weight is 256 g/mol. The third-order valence-corrected chi connectivity index (χ3v) is 2.37. The fraction of sp³-hybridized carbons (Fsp3) is 0.125. The summed E-state index contributed by atoms with van der Waals surface area (Å²) in [5.41, 5.74) is 1.25. The molecular weight excluding hydrogens is 250 g/mol. The predicted molar refractivity (Wildman–Crippen MR) is 53.2 cm³/mol. The van der Waals surface area contributed by atoms with Gasteiger partial charge in [0.05, 0.1) is 11.1 Å². The number of carboxylic acid groups (broad SMARTS) is 1. The third-order valence-electron chi connectivity index (χ3n) is 1.91.